The molecule has 1 unspecified atom stereocenters. The molecule has 0 radical (unpaired) electrons. The minimum absolute atomic E-state index is 0.147. The van der Waals surface area contributed by atoms with E-state index in [2.05, 4.69) is 4.98 Å². The first-order chi connectivity index (χ1) is 11.5. The van der Waals surface area contributed by atoms with Gasteiger partial charge < -0.3 is 14.7 Å². The summed E-state index contributed by atoms with van der Waals surface area (Å²) in [6, 6.07) is 11.9. The number of aromatic nitrogens is 1. The molecule has 2 rings (SSSR count). The van der Waals surface area contributed by atoms with E-state index >= 15 is 0 Å². The third-order valence-electron chi connectivity index (χ3n) is 3.72. The molecule has 1 N–H and O–H groups in total. The number of hydrogen-bond donors (Lipinski definition) is 1. The van der Waals surface area contributed by atoms with Gasteiger partial charge in [-0.3, -0.25) is 9.78 Å². The van der Waals surface area contributed by atoms with E-state index in [4.69, 9.17) is 9.84 Å². The molecule has 126 valence electrons. The third kappa shape index (κ3) is 4.81. The molecule has 0 aliphatic rings. The molecule has 6 nitrogen and oxygen atoms in total. The summed E-state index contributed by atoms with van der Waals surface area (Å²) in [5.41, 5.74) is 1.63. The van der Waals surface area contributed by atoms with Crippen LogP contribution in [0.3, 0.4) is 0 Å². The molecule has 24 heavy (non-hydrogen) atoms. The summed E-state index contributed by atoms with van der Waals surface area (Å²) in [5.74, 6) is -0.583. The van der Waals surface area contributed by atoms with E-state index in [9.17, 15) is 9.59 Å². The number of rotatable bonds is 7. The van der Waals surface area contributed by atoms with Gasteiger partial charge in [0.25, 0.3) is 0 Å². The van der Waals surface area contributed by atoms with Crippen molar-refractivity contribution in [2.45, 2.75) is 26.0 Å². The molecule has 0 saturated carbocycles. The van der Waals surface area contributed by atoms with E-state index in [0.29, 0.717) is 12.4 Å². The van der Waals surface area contributed by atoms with Crippen LogP contribution in [0.5, 0.6) is 5.75 Å². The lowest BCUT2D eigenvalue weighted by atomic mass is 10.1. The summed E-state index contributed by atoms with van der Waals surface area (Å²) in [4.78, 5) is 28.4. The van der Waals surface area contributed by atoms with Crippen LogP contribution < -0.4 is 4.74 Å². The number of benzene rings is 1. The minimum atomic E-state index is -1.02. The summed E-state index contributed by atoms with van der Waals surface area (Å²) < 4.78 is 5.63. The zero-order chi connectivity index (χ0) is 17.5. The summed E-state index contributed by atoms with van der Waals surface area (Å²) in [6.07, 6.45) is 1.86. The molecule has 1 heterocycles. The third-order valence-corrected chi connectivity index (χ3v) is 3.72. The van der Waals surface area contributed by atoms with Gasteiger partial charge in [-0.05, 0) is 36.8 Å². The molecule has 0 fully saturated rings. The highest BCUT2D eigenvalue weighted by Gasteiger charge is 2.21. The first-order valence-corrected chi connectivity index (χ1v) is 7.57. The van der Waals surface area contributed by atoms with Crippen molar-refractivity contribution in [3.8, 4) is 5.75 Å². The average Bonchev–Trinajstić information content (AvgIpc) is 2.60. The number of aliphatic carboxylic acids is 1. The van der Waals surface area contributed by atoms with Gasteiger partial charge in [-0.25, -0.2) is 4.79 Å². The Bertz CT molecular complexity index is 686. The van der Waals surface area contributed by atoms with Gasteiger partial charge in [0, 0.05) is 13.2 Å². The number of carbonyl (C=O) groups is 2. The maximum atomic E-state index is 12.1. The number of amides is 1. The Morgan fingerprint density at radius 3 is 2.50 bits per heavy atom. The molecule has 2 aromatic rings. The number of hydrogen-bond acceptors (Lipinski definition) is 4. The van der Waals surface area contributed by atoms with Crippen molar-refractivity contribution in [2.75, 3.05) is 7.05 Å². The highest BCUT2D eigenvalue weighted by Crippen LogP contribution is 2.15. The highest BCUT2D eigenvalue weighted by molar-refractivity contribution is 5.84. The van der Waals surface area contributed by atoms with Crippen molar-refractivity contribution in [1.82, 2.24) is 9.88 Å². The molecule has 1 aromatic heterocycles. The molecule has 6 heteroatoms. The quantitative estimate of drug-likeness (QED) is 0.842. The van der Waals surface area contributed by atoms with E-state index < -0.39 is 12.0 Å². The summed E-state index contributed by atoms with van der Waals surface area (Å²) in [7, 11) is 1.49. The lowest BCUT2D eigenvalue weighted by Crippen LogP contribution is -2.41. The Morgan fingerprint density at radius 1 is 1.21 bits per heavy atom. The van der Waals surface area contributed by atoms with Crippen molar-refractivity contribution in [3.63, 3.8) is 0 Å². The van der Waals surface area contributed by atoms with Crippen LogP contribution in [0, 0.1) is 0 Å². The number of carboxylic acids is 1. The number of pyridine rings is 1. The fourth-order valence-electron chi connectivity index (χ4n) is 2.03. The second kappa shape index (κ2) is 8.10. The normalized spacial score (nSPS) is 11.6. The molecular weight excluding hydrogens is 308 g/mol. The van der Waals surface area contributed by atoms with Crippen LogP contribution in [-0.4, -0.2) is 40.0 Å². The predicted molar refractivity (Wildman–Crippen MR) is 88.6 cm³/mol. The Morgan fingerprint density at radius 2 is 1.92 bits per heavy atom. The smallest absolute Gasteiger partial charge is 0.326 e. The van der Waals surface area contributed by atoms with Gasteiger partial charge in [0.2, 0.25) is 5.91 Å². The van der Waals surface area contributed by atoms with Crippen molar-refractivity contribution in [1.29, 1.82) is 0 Å². The SMILES string of the molecule is CC(C(=O)O)N(C)C(=O)Cc1ccc(OCc2ccccn2)cc1. The van der Waals surface area contributed by atoms with Crippen LogP contribution in [0.4, 0.5) is 0 Å². The van der Waals surface area contributed by atoms with Gasteiger partial charge in [0.15, 0.2) is 0 Å². The van der Waals surface area contributed by atoms with Crippen molar-refractivity contribution >= 4 is 11.9 Å². The Kier molecular flexibility index (Phi) is 5.89. The average molecular weight is 328 g/mol. The number of nitrogens with zero attached hydrogens (tertiary/aromatic N) is 2. The van der Waals surface area contributed by atoms with E-state index in [0.717, 1.165) is 11.3 Å². The second-order valence-electron chi connectivity index (χ2n) is 5.45. The van der Waals surface area contributed by atoms with Crippen molar-refractivity contribution < 1.29 is 19.4 Å². The fourth-order valence-corrected chi connectivity index (χ4v) is 2.03. The minimum Gasteiger partial charge on any atom is -0.487 e. The fraction of sp³-hybridized carbons (Fsp3) is 0.278. The second-order valence-corrected chi connectivity index (χ2v) is 5.45. The monoisotopic (exact) mass is 328 g/mol. The van der Waals surface area contributed by atoms with Crippen molar-refractivity contribution in [2.24, 2.45) is 0 Å². The number of likely N-dealkylation sites (N-methyl/N-ethyl adjacent to an activating group) is 1. The lowest BCUT2D eigenvalue weighted by Gasteiger charge is -2.21. The Labute approximate surface area is 140 Å². The molecule has 0 aliphatic heterocycles. The molecule has 1 aromatic carbocycles. The first-order valence-electron chi connectivity index (χ1n) is 7.57. The van der Waals surface area contributed by atoms with Gasteiger partial charge in [0.05, 0.1) is 12.1 Å². The maximum Gasteiger partial charge on any atom is 0.326 e. The molecule has 0 saturated heterocycles. The van der Waals surface area contributed by atoms with E-state index in [1.165, 1.54) is 18.9 Å². The van der Waals surface area contributed by atoms with E-state index in [-0.39, 0.29) is 12.3 Å². The maximum absolute atomic E-state index is 12.1. The van der Waals surface area contributed by atoms with Gasteiger partial charge in [0.1, 0.15) is 18.4 Å². The summed E-state index contributed by atoms with van der Waals surface area (Å²) in [5, 5.41) is 8.94. The van der Waals surface area contributed by atoms with E-state index in [1.807, 2.05) is 18.2 Å². The van der Waals surface area contributed by atoms with Crippen molar-refractivity contribution in [3.05, 3.63) is 59.9 Å². The van der Waals surface area contributed by atoms with Gasteiger partial charge >= 0.3 is 5.97 Å². The number of carbonyl (C=O) groups excluding carboxylic acids is 1. The first kappa shape index (κ1) is 17.5. The number of ether oxygens (including phenoxy) is 1. The van der Waals surface area contributed by atoms with Gasteiger partial charge in [-0.2, -0.15) is 0 Å². The Balaban J connectivity index is 1.90. The summed E-state index contributed by atoms with van der Waals surface area (Å²) >= 11 is 0. The highest BCUT2D eigenvalue weighted by atomic mass is 16.5. The van der Waals surface area contributed by atoms with Crippen LogP contribution in [0.15, 0.2) is 48.7 Å². The molecule has 1 amide bonds. The molecule has 0 spiro atoms. The number of carboxylic acid groups (broad SMARTS) is 1. The Hall–Kier alpha value is -2.89. The predicted octanol–water partition coefficient (Wildman–Crippen LogP) is 2.13. The summed E-state index contributed by atoms with van der Waals surface area (Å²) in [6.45, 7) is 1.85. The van der Waals surface area contributed by atoms with Gasteiger partial charge in [-0.15, -0.1) is 0 Å². The van der Waals surface area contributed by atoms with E-state index in [1.54, 1.807) is 30.5 Å². The topological polar surface area (TPSA) is 79.7 Å². The van der Waals surface area contributed by atoms with Crippen LogP contribution in [0.25, 0.3) is 0 Å². The zero-order valence-corrected chi connectivity index (χ0v) is 13.7. The molecule has 1 atom stereocenters. The van der Waals surface area contributed by atoms with Crippen LogP contribution >= 0.6 is 0 Å². The molecular formula is C18H20N2O4. The zero-order valence-electron chi connectivity index (χ0n) is 13.7. The largest absolute Gasteiger partial charge is 0.487 e. The standard InChI is InChI=1S/C18H20N2O4/c1-13(18(22)23)20(2)17(21)11-14-6-8-16(9-7-14)24-12-15-5-3-4-10-19-15/h3-10,13H,11-12H2,1-2H3,(H,22,23). The lowest BCUT2D eigenvalue weighted by molar-refractivity contribution is -0.147. The van der Waals surface area contributed by atoms with Gasteiger partial charge in [-0.1, -0.05) is 18.2 Å². The van der Waals surface area contributed by atoms with Crippen LogP contribution in [0.2, 0.25) is 0 Å². The van der Waals surface area contributed by atoms with Crippen LogP contribution in [0.1, 0.15) is 18.2 Å². The molecule has 0 aliphatic carbocycles. The van der Waals surface area contributed by atoms with Crippen LogP contribution in [-0.2, 0) is 22.6 Å². The molecule has 0 bridgehead atoms.